The van der Waals surface area contributed by atoms with Crippen molar-refractivity contribution in [3.8, 4) is 0 Å². The highest BCUT2D eigenvalue weighted by atomic mass is 16.4. The van der Waals surface area contributed by atoms with Crippen LogP contribution in [0.15, 0.2) is 0 Å². The second-order valence-electron chi connectivity index (χ2n) is 7.89. The van der Waals surface area contributed by atoms with Crippen LogP contribution in [0.5, 0.6) is 0 Å². The summed E-state index contributed by atoms with van der Waals surface area (Å²) in [6.07, 6.45) is 0.468. The third-order valence-electron chi connectivity index (χ3n) is 4.51. The fraction of sp³-hybridized carbons (Fsp3) is 0.789. The molecule has 12 nitrogen and oxygen atoms in total. The van der Waals surface area contributed by atoms with Crippen molar-refractivity contribution in [2.45, 2.75) is 76.7 Å². The van der Waals surface area contributed by atoms with E-state index in [2.05, 4.69) is 16.0 Å². The van der Waals surface area contributed by atoms with E-state index in [4.69, 9.17) is 11.5 Å². The van der Waals surface area contributed by atoms with Crippen LogP contribution >= 0.6 is 0 Å². The number of aliphatic hydroxyl groups is 2. The van der Waals surface area contributed by atoms with E-state index in [1.54, 1.807) is 13.8 Å². The maximum Gasteiger partial charge on any atom is 0.326 e. The molecule has 0 aliphatic heterocycles. The van der Waals surface area contributed by atoms with Crippen molar-refractivity contribution >= 4 is 23.7 Å². The molecule has 0 aromatic carbocycles. The normalized spacial score (nSPS) is 16.0. The van der Waals surface area contributed by atoms with E-state index >= 15 is 0 Å². The Bertz CT molecular complexity index is 600. The summed E-state index contributed by atoms with van der Waals surface area (Å²) < 4.78 is 0. The van der Waals surface area contributed by atoms with Crippen LogP contribution in [0.3, 0.4) is 0 Å². The Labute approximate surface area is 182 Å². The van der Waals surface area contributed by atoms with Crippen molar-refractivity contribution in [1.82, 2.24) is 16.0 Å². The van der Waals surface area contributed by atoms with Crippen molar-refractivity contribution < 1.29 is 34.5 Å². The fourth-order valence-electron chi connectivity index (χ4n) is 2.73. The number of carbonyl (C=O) groups is 4. The van der Waals surface area contributed by atoms with Crippen LogP contribution in [-0.2, 0) is 19.2 Å². The Balaban J connectivity index is 5.08. The Morgan fingerprint density at radius 1 is 0.903 bits per heavy atom. The predicted molar refractivity (Wildman–Crippen MR) is 113 cm³/mol. The lowest BCUT2D eigenvalue weighted by molar-refractivity contribution is -0.143. The smallest absolute Gasteiger partial charge is 0.326 e. The summed E-state index contributed by atoms with van der Waals surface area (Å²) >= 11 is 0. The maximum atomic E-state index is 12.5. The molecule has 0 heterocycles. The number of nitrogens with two attached hydrogens (primary N) is 2. The second-order valence-corrected chi connectivity index (χ2v) is 7.89. The molecule has 12 heteroatoms. The standard InChI is InChI=1S/C19H37N5O7/c1-10(2)8-13(19(30)31)22-17(28)14(9-25)23-18(29)15(11(3)26)24-16(27)12(21)6-4-5-7-20/h10-15,25-26H,4-9,20-21H2,1-3H3,(H,22,28)(H,23,29)(H,24,27)(H,30,31). The summed E-state index contributed by atoms with van der Waals surface area (Å²) in [5.41, 5.74) is 11.2. The monoisotopic (exact) mass is 447 g/mol. The molecule has 0 fully saturated rings. The van der Waals surface area contributed by atoms with Crippen LogP contribution in [0.25, 0.3) is 0 Å². The predicted octanol–water partition coefficient (Wildman–Crippen LogP) is -2.60. The van der Waals surface area contributed by atoms with Gasteiger partial charge in [0, 0.05) is 0 Å². The summed E-state index contributed by atoms with van der Waals surface area (Å²) in [5.74, 6) is -3.76. The number of aliphatic carboxylic acids is 1. The number of rotatable bonds is 15. The van der Waals surface area contributed by atoms with E-state index in [1.807, 2.05) is 0 Å². The number of unbranched alkanes of at least 4 members (excludes halogenated alkanes) is 1. The van der Waals surface area contributed by atoms with Gasteiger partial charge in [0.05, 0.1) is 18.8 Å². The zero-order chi connectivity index (χ0) is 24.1. The number of amides is 3. The summed E-state index contributed by atoms with van der Waals surface area (Å²) in [6, 6.07) is -5.01. The molecule has 3 amide bonds. The van der Waals surface area contributed by atoms with Gasteiger partial charge in [-0.05, 0) is 38.6 Å². The third-order valence-corrected chi connectivity index (χ3v) is 4.51. The molecular weight excluding hydrogens is 410 g/mol. The van der Waals surface area contributed by atoms with Crippen LogP contribution in [0, 0.1) is 5.92 Å². The molecule has 31 heavy (non-hydrogen) atoms. The van der Waals surface area contributed by atoms with Gasteiger partial charge in [0.15, 0.2) is 0 Å². The van der Waals surface area contributed by atoms with Crippen LogP contribution < -0.4 is 27.4 Å². The minimum Gasteiger partial charge on any atom is -0.480 e. The highest BCUT2D eigenvalue weighted by molar-refractivity contribution is 5.94. The van der Waals surface area contributed by atoms with E-state index in [-0.39, 0.29) is 12.3 Å². The molecule has 0 aromatic rings. The molecule has 0 rings (SSSR count). The SMILES string of the molecule is CC(C)CC(NC(=O)C(CO)NC(=O)C(NC(=O)C(N)CCCCN)C(C)O)C(=O)O. The van der Waals surface area contributed by atoms with Gasteiger partial charge in [0.1, 0.15) is 18.1 Å². The lowest BCUT2D eigenvalue weighted by Crippen LogP contribution is -2.60. The minimum atomic E-state index is -1.47. The number of nitrogens with one attached hydrogen (secondary N) is 3. The first-order chi connectivity index (χ1) is 14.4. The number of aliphatic hydroxyl groups excluding tert-OH is 2. The van der Waals surface area contributed by atoms with Gasteiger partial charge in [-0.15, -0.1) is 0 Å². The van der Waals surface area contributed by atoms with Gasteiger partial charge < -0.3 is 42.7 Å². The van der Waals surface area contributed by atoms with E-state index in [1.165, 1.54) is 6.92 Å². The second kappa shape index (κ2) is 14.7. The largest absolute Gasteiger partial charge is 0.480 e. The van der Waals surface area contributed by atoms with Gasteiger partial charge in [0.2, 0.25) is 17.7 Å². The molecule has 0 saturated heterocycles. The zero-order valence-corrected chi connectivity index (χ0v) is 18.3. The topological polar surface area (TPSA) is 217 Å². The van der Waals surface area contributed by atoms with Crippen molar-refractivity contribution in [2.75, 3.05) is 13.2 Å². The Morgan fingerprint density at radius 3 is 1.94 bits per heavy atom. The summed E-state index contributed by atoms with van der Waals surface area (Å²) in [7, 11) is 0. The van der Waals surface area contributed by atoms with E-state index < -0.39 is 60.6 Å². The van der Waals surface area contributed by atoms with Crippen LogP contribution in [0.2, 0.25) is 0 Å². The number of hydrogen-bond acceptors (Lipinski definition) is 8. The molecule has 0 spiro atoms. The highest BCUT2D eigenvalue weighted by Gasteiger charge is 2.32. The third kappa shape index (κ3) is 11.1. The molecule has 5 unspecified atom stereocenters. The van der Waals surface area contributed by atoms with Crippen molar-refractivity contribution in [3.05, 3.63) is 0 Å². The molecule has 0 aromatic heterocycles. The fourth-order valence-corrected chi connectivity index (χ4v) is 2.73. The van der Waals surface area contributed by atoms with E-state index in [0.717, 1.165) is 0 Å². The molecule has 0 radical (unpaired) electrons. The quantitative estimate of drug-likeness (QED) is 0.123. The van der Waals surface area contributed by atoms with Gasteiger partial charge in [-0.3, -0.25) is 14.4 Å². The molecule has 5 atom stereocenters. The lowest BCUT2D eigenvalue weighted by atomic mass is 10.0. The zero-order valence-electron chi connectivity index (χ0n) is 18.3. The number of hydrogen-bond donors (Lipinski definition) is 8. The van der Waals surface area contributed by atoms with E-state index in [9.17, 15) is 34.5 Å². The summed E-state index contributed by atoms with van der Waals surface area (Å²) in [5, 5.41) is 35.4. The summed E-state index contributed by atoms with van der Waals surface area (Å²) in [6.45, 7) is 4.47. The molecule has 0 saturated carbocycles. The molecule has 0 aliphatic rings. The van der Waals surface area contributed by atoms with Crippen molar-refractivity contribution in [2.24, 2.45) is 17.4 Å². The Kier molecular flexibility index (Phi) is 13.6. The molecule has 180 valence electrons. The maximum absolute atomic E-state index is 12.5. The van der Waals surface area contributed by atoms with Gasteiger partial charge >= 0.3 is 5.97 Å². The van der Waals surface area contributed by atoms with Gasteiger partial charge in [-0.2, -0.15) is 0 Å². The molecular formula is C19H37N5O7. The number of carboxylic acid groups (broad SMARTS) is 1. The molecule has 10 N–H and O–H groups in total. The molecule has 0 bridgehead atoms. The van der Waals surface area contributed by atoms with Crippen molar-refractivity contribution in [3.63, 3.8) is 0 Å². The van der Waals surface area contributed by atoms with Crippen molar-refractivity contribution in [1.29, 1.82) is 0 Å². The van der Waals surface area contributed by atoms with E-state index in [0.29, 0.717) is 25.8 Å². The van der Waals surface area contributed by atoms with Crippen LogP contribution in [0.4, 0.5) is 0 Å². The average molecular weight is 448 g/mol. The van der Waals surface area contributed by atoms with Gasteiger partial charge in [0.25, 0.3) is 0 Å². The lowest BCUT2D eigenvalue weighted by Gasteiger charge is -2.26. The van der Waals surface area contributed by atoms with Crippen LogP contribution in [-0.4, -0.2) is 82.4 Å². The first kappa shape index (κ1) is 28.7. The minimum absolute atomic E-state index is 0.0209. The number of carbonyl (C=O) groups excluding carboxylic acids is 3. The number of carboxylic acids is 1. The first-order valence-electron chi connectivity index (χ1n) is 10.3. The first-order valence-corrected chi connectivity index (χ1v) is 10.3. The van der Waals surface area contributed by atoms with Crippen LogP contribution in [0.1, 0.15) is 46.5 Å². The summed E-state index contributed by atoms with van der Waals surface area (Å²) in [4.78, 5) is 48.4. The Hall–Kier alpha value is -2.28. The molecule has 0 aliphatic carbocycles. The Morgan fingerprint density at radius 2 is 1.48 bits per heavy atom. The van der Waals surface area contributed by atoms with Gasteiger partial charge in [-0.1, -0.05) is 20.3 Å². The average Bonchev–Trinajstić information content (AvgIpc) is 2.68. The highest BCUT2D eigenvalue weighted by Crippen LogP contribution is 2.06. The van der Waals surface area contributed by atoms with Gasteiger partial charge in [-0.25, -0.2) is 4.79 Å².